The van der Waals surface area contributed by atoms with Crippen molar-refractivity contribution in [3.63, 3.8) is 0 Å². The maximum absolute atomic E-state index is 11.9. The lowest BCUT2D eigenvalue weighted by molar-refractivity contribution is -0.144. The summed E-state index contributed by atoms with van der Waals surface area (Å²) < 4.78 is 5.23. The maximum Gasteiger partial charge on any atom is 0.225 e. The Morgan fingerprint density at radius 3 is 2.57 bits per heavy atom. The minimum atomic E-state index is 0.208. The van der Waals surface area contributed by atoms with E-state index in [4.69, 9.17) is 16.3 Å². The van der Waals surface area contributed by atoms with Crippen molar-refractivity contribution in [2.45, 2.75) is 12.8 Å². The molecule has 0 spiro atoms. The molecule has 2 aliphatic heterocycles. The van der Waals surface area contributed by atoms with Crippen molar-refractivity contribution in [3.05, 3.63) is 0 Å². The van der Waals surface area contributed by atoms with E-state index in [2.05, 4.69) is 0 Å². The first kappa shape index (κ1) is 10.2. The van der Waals surface area contributed by atoms with Gasteiger partial charge < -0.3 is 9.64 Å². The van der Waals surface area contributed by atoms with Gasteiger partial charge in [0.2, 0.25) is 5.91 Å². The predicted octanol–water partition coefficient (Wildman–Crippen LogP) is 1.11. The zero-order valence-electron chi connectivity index (χ0n) is 8.25. The standard InChI is InChI=1S/C10H16ClNO2/c11-5-8-6-12(7-8)10(13)9-1-3-14-4-2-9/h8-9H,1-7H2. The van der Waals surface area contributed by atoms with Crippen LogP contribution in [0.2, 0.25) is 0 Å². The third kappa shape index (κ3) is 2.04. The molecule has 80 valence electrons. The van der Waals surface area contributed by atoms with E-state index in [0.717, 1.165) is 39.1 Å². The van der Waals surface area contributed by atoms with Crippen LogP contribution >= 0.6 is 11.6 Å². The molecular formula is C10H16ClNO2. The molecule has 0 aromatic heterocycles. The van der Waals surface area contributed by atoms with E-state index in [1.54, 1.807) is 0 Å². The minimum absolute atomic E-state index is 0.208. The number of hydrogen-bond donors (Lipinski definition) is 0. The van der Waals surface area contributed by atoms with Crippen molar-refractivity contribution in [2.24, 2.45) is 11.8 Å². The van der Waals surface area contributed by atoms with Crippen LogP contribution in [0.3, 0.4) is 0 Å². The van der Waals surface area contributed by atoms with E-state index < -0.39 is 0 Å². The lowest BCUT2D eigenvalue weighted by Crippen LogP contribution is -2.53. The highest BCUT2D eigenvalue weighted by molar-refractivity contribution is 6.18. The number of nitrogens with zero attached hydrogens (tertiary/aromatic N) is 1. The molecule has 0 bridgehead atoms. The Balaban J connectivity index is 1.78. The molecule has 0 aliphatic carbocycles. The molecule has 3 nitrogen and oxygen atoms in total. The number of likely N-dealkylation sites (tertiary alicyclic amines) is 1. The molecule has 0 unspecified atom stereocenters. The van der Waals surface area contributed by atoms with Gasteiger partial charge in [-0.05, 0) is 12.8 Å². The van der Waals surface area contributed by atoms with E-state index >= 15 is 0 Å². The molecule has 0 aromatic rings. The molecule has 2 heterocycles. The predicted molar refractivity (Wildman–Crippen MR) is 54.3 cm³/mol. The molecule has 2 aliphatic rings. The van der Waals surface area contributed by atoms with Crippen molar-refractivity contribution in [1.29, 1.82) is 0 Å². The van der Waals surface area contributed by atoms with Crippen LogP contribution in [-0.4, -0.2) is 43.0 Å². The number of rotatable bonds is 2. The van der Waals surface area contributed by atoms with E-state index in [9.17, 15) is 4.79 Å². The van der Waals surface area contributed by atoms with Crippen LogP contribution in [0.25, 0.3) is 0 Å². The van der Waals surface area contributed by atoms with Crippen LogP contribution in [-0.2, 0) is 9.53 Å². The summed E-state index contributed by atoms with van der Waals surface area (Å²) in [4.78, 5) is 13.8. The molecule has 2 fully saturated rings. The number of amides is 1. The van der Waals surface area contributed by atoms with Gasteiger partial charge in [-0.25, -0.2) is 0 Å². The Morgan fingerprint density at radius 2 is 2.00 bits per heavy atom. The Morgan fingerprint density at radius 1 is 1.36 bits per heavy atom. The molecule has 0 atom stereocenters. The first-order valence-corrected chi connectivity index (χ1v) is 5.77. The molecule has 2 rings (SSSR count). The van der Waals surface area contributed by atoms with Crippen molar-refractivity contribution in [3.8, 4) is 0 Å². The summed E-state index contributed by atoms with van der Waals surface area (Å²) in [5.74, 6) is 1.73. The number of ether oxygens (including phenoxy) is 1. The number of hydrogen-bond acceptors (Lipinski definition) is 2. The summed E-state index contributed by atoms with van der Waals surface area (Å²) >= 11 is 5.70. The van der Waals surface area contributed by atoms with Crippen LogP contribution in [0.4, 0.5) is 0 Å². The quantitative estimate of drug-likeness (QED) is 0.649. The second-order valence-electron chi connectivity index (χ2n) is 4.15. The van der Waals surface area contributed by atoms with Gasteiger partial charge in [0.05, 0.1) is 0 Å². The Kier molecular flexibility index (Phi) is 3.29. The second kappa shape index (κ2) is 4.49. The molecule has 0 aromatic carbocycles. The number of carbonyl (C=O) groups is 1. The van der Waals surface area contributed by atoms with Gasteiger partial charge in [-0.3, -0.25) is 4.79 Å². The largest absolute Gasteiger partial charge is 0.381 e. The first-order valence-electron chi connectivity index (χ1n) is 5.23. The SMILES string of the molecule is O=C(C1CCOCC1)N1CC(CCl)C1. The van der Waals surface area contributed by atoms with Gasteiger partial charge in [0, 0.05) is 44.0 Å². The smallest absolute Gasteiger partial charge is 0.225 e. The zero-order valence-corrected chi connectivity index (χ0v) is 9.00. The average molecular weight is 218 g/mol. The van der Waals surface area contributed by atoms with Crippen molar-refractivity contribution in [2.75, 3.05) is 32.2 Å². The van der Waals surface area contributed by atoms with Gasteiger partial charge in [0.15, 0.2) is 0 Å². The molecule has 1 amide bonds. The normalized spacial score (nSPS) is 24.8. The van der Waals surface area contributed by atoms with E-state index in [0.29, 0.717) is 17.7 Å². The Bertz CT molecular complexity index is 210. The highest BCUT2D eigenvalue weighted by Crippen LogP contribution is 2.23. The topological polar surface area (TPSA) is 29.5 Å². The van der Waals surface area contributed by atoms with Gasteiger partial charge in [-0.1, -0.05) is 0 Å². The fourth-order valence-corrected chi connectivity index (χ4v) is 2.25. The molecule has 2 saturated heterocycles. The van der Waals surface area contributed by atoms with Gasteiger partial charge in [-0.2, -0.15) is 0 Å². The lowest BCUT2D eigenvalue weighted by atomic mass is 9.94. The Labute approximate surface area is 89.4 Å². The van der Waals surface area contributed by atoms with Crippen LogP contribution in [0.5, 0.6) is 0 Å². The molecule has 0 saturated carbocycles. The second-order valence-corrected chi connectivity index (χ2v) is 4.46. The average Bonchev–Trinajstić information content (AvgIpc) is 2.17. The van der Waals surface area contributed by atoms with E-state index in [1.165, 1.54) is 0 Å². The maximum atomic E-state index is 11.9. The molecular weight excluding hydrogens is 202 g/mol. The van der Waals surface area contributed by atoms with E-state index in [1.807, 2.05) is 4.90 Å². The Hall–Kier alpha value is -0.280. The van der Waals surface area contributed by atoms with Crippen molar-refractivity contribution < 1.29 is 9.53 Å². The highest BCUT2D eigenvalue weighted by atomic mass is 35.5. The first-order chi connectivity index (χ1) is 6.81. The number of halogens is 1. The summed E-state index contributed by atoms with van der Waals surface area (Å²) in [6, 6.07) is 0. The number of alkyl halides is 1. The van der Waals surface area contributed by atoms with Gasteiger partial charge in [0.1, 0.15) is 0 Å². The third-order valence-corrected chi connectivity index (χ3v) is 3.49. The zero-order chi connectivity index (χ0) is 9.97. The van der Waals surface area contributed by atoms with Gasteiger partial charge in [-0.15, -0.1) is 11.6 Å². The fourth-order valence-electron chi connectivity index (χ4n) is 2.05. The fraction of sp³-hybridized carbons (Fsp3) is 0.900. The van der Waals surface area contributed by atoms with Crippen molar-refractivity contribution >= 4 is 17.5 Å². The number of carbonyl (C=O) groups excluding carboxylic acids is 1. The summed E-state index contributed by atoms with van der Waals surface area (Å²) in [7, 11) is 0. The van der Waals surface area contributed by atoms with Crippen LogP contribution in [0.15, 0.2) is 0 Å². The molecule has 4 heteroatoms. The summed E-state index contributed by atoms with van der Waals surface area (Å²) in [5.41, 5.74) is 0. The molecule has 14 heavy (non-hydrogen) atoms. The molecule has 0 radical (unpaired) electrons. The summed E-state index contributed by atoms with van der Waals surface area (Å²) in [6.45, 7) is 3.20. The summed E-state index contributed by atoms with van der Waals surface area (Å²) in [5, 5.41) is 0. The lowest BCUT2D eigenvalue weighted by Gasteiger charge is -2.40. The third-order valence-electron chi connectivity index (χ3n) is 3.06. The minimum Gasteiger partial charge on any atom is -0.381 e. The highest BCUT2D eigenvalue weighted by Gasteiger charge is 2.34. The van der Waals surface area contributed by atoms with Crippen LogP contribution < -0.4 is 0 Å². The summed E-state index contributed by atoms with van der Waals surface area (Å²) in [6.07, 6.45) is 1.78. The van der Waals surface area contributed by atoms with Gasteiger partial charge >= 0.3 is 0 Å². The van der Waals surface area contributed by atoms with E-state index in [-0.39, 0.29) is 5.92 Å². The van der Waals surface area contributed by atoms with Crippen LogP contribution in [0.1, 0.15) is 12.8 Å². The monoisotopic (exact) mass is 217 g/mol. The molecule has 0 N–H and O–H groups in total. The van der Waals surface area contributed by atoms with Crippen molar-refractivity contribution in [1.82, 2.24) is 4.90 Å². The van der Waals surface area contributed by atoms with Gasteiger partial charge in [0.25, 0.3) is 0 Å². The van der Waals surface area contributed by atoms with Crippen LogP contribution in [0, 0.1) is 11.8 Å².